The van der Waals surface area contributed by atoms with Gasteiger partial charge in [-0.1, -0.05) is 32.9 Å². The number of nitrogens with one attached hydrogen (secondary N) is 1. The molecular formula is C21H26N2O3S. The minimum absolute atomic E-state index is 0.209. The molecule has 3 atom stereocenters. The first-order valence-electron chi connectivity index (χ1n) is 9.45. The summed E-state index contributed by atoms with van der Waals surface area (Å²) in [6, 6.07) is 2.26. The topological polar surface area (TPSA) is 90.2 Å². The predicted molar refractivity (Wildman–Crippen MR) is 106 cm³/mol. The third-order valence-corrected chi connectivity index (χ3v) is 7.09. The number of hydrogen-bond donors (Lipinski definition) is 2. The fourth-order valence-electron chi connectivity index (χ4n) is 4.11. The SMILES string of the molecule is CC(C)(C)[C@@H]1CCc2c(sc(NC(=O)[C@H]3CC=CC[C@H]3C(=O)O)c2C#N)C1. The first-order valence-corrected chi connectivity index (χ1v) is 10.3. The second-order valence-corrected chi connectivity index (χ2v) is 9.71. The van der Waals surface area contributed by atoms with Crippen LogP contribution in [0, 0.1) is 34.5 Å². The fraction of sp³-hybridized carbons (Fsp3) is 0.571. The molecule has 0 aromatic carbocycles. The predicted octanol–water partition coefficient (Wildman–Crippen LogP) is 4.38. The standard InChI is InChI=1S/C21H26N2O3S/c1-21(2,3)12-8-9-13-16(11-22)19(27-17(13)10-12)23-18(24)14-6-4-5-7-15(14)20(25)26/h4-5,12,14-15H,6-10H2,1-3H3,(H,23,24)(H,25,26)/t12-,14+,15-/m1/s1. The summed E-state index contributed by atoms with van der Waals surface area (Å²) in [7, 11) is 0. The van der Waals surface area contributed by atoms with Gasteiger partial charge in [-0.25, -0.2) is 0 Å². The van der Waals surface area contributed by atoms with Crippen molar-refractivity contribution in [2.24, 2.45) is 23.2 Å². The van der Waals surface area contributed by atoms with Crippen LogP contribution >= 0.6 is 11.3 Å². The van der Waals surface area contributed by atoms with Crippen molar-refractivity contribution in [2.75, 3.05) is 5.32 Å². The van der Waals surface area contributed by atoms with Gasteiger partial charge in [0.2, 0.25) is 5.91 Å². The van der Waals surface area contributed by atoms with Crippen LogP contribution in [-0.4, -0.2) is 17.0 Å². The summed E-state index contributed by atoms with van der Waals surface area (Å²) in [5.41, 5.74) is 1.84. The van der Waals surface area contributed by atoms with Crippen molar-refractivity contribution < 1.29 is 14.7 Å². The minimum atomic E-state index is -0.946. The fourth-order valence-corrected chi connectivity index (χ4v) is 5.39. The normalized spacial score (nSPS) is 24.7. The summed E-state index contributed by atoms with van der Waals surface area (Å²) in [6.45, 7) is 6.73. The molecule has 27 heavy (non-hydrogen) atoms. The molecule has 1 heterocycles. The van der Waals surface area contributed by atoms with Crippen LogP contribution in [-0.2, 0) is 22.4 Å². The van der Waals surface area contributed by atoms with Gasteiger partial charge >= 0.3 is 5.97 Å². The number of carboxylic acid groups (broad SMARTS) is 1. The molecule has 2 aliphatic rings. The highest BCUT2D eigenvalue weighted by Gasteiger charge is 2.36. The van der Waals surface area contributed by atoms with Crippen LogP contribution in [0.1, 0.15) is 56.0 Å². The van der Waals surface area contributed by atoms with Gasteiger partial charge in [-0.3, -0.25) is 9.59 Å². The molecule has 0 spiro atoms. The van der Waals surface area contributed by atoms with Crippen molar-refractivity contribution in [1.82, 2.24) is 0 Å². The van der Waals surface area contributed by atoms with Gasteiger partial charge in [-0.05, 0) is 49.0 Å². The van der Waals surface area contributed by atoms with Crippen molar-refractivity contribution in [3.8, 4) is 6.07 Å². The third kappa shape index (κ3) is 3.93. The monoisotopic (exact) mass is 386 g/mol. The molecule has 1 aromatic rings. The maximum absolute atomic E-state index is 12.8. The van der Waals surface area contributed by atoms with Crippen molar-refractivity contribution in [3.63, 3.8) is 0 Å². The number of hydrogen-bond acceptors (Lipinski definition) is 4. The Hall–Kier alpha value is -2.13. The number of carboxylic acids is 1. The van der Waals surface area contributed by atoms with Crippen molar-refractivity contribution in [3.05, 3.63) is 28.2 Å². The Morgan fingerprint density at radius 2 is 1.93 bits per heavy atom. The van der Waals surface area contributed by atoms with Crippen LogP contribution in [0.4, 0.5) is 5.00 Å². The van der Waals surface area contributed by atoms with Crippen molar-refractivity contribution >= 4 is 28.2 Å². The molecule has 6 heteroatoms. The number of carbonyl (C=O) groups is 2. The Bertz CT molecular complexity index is 826. The summed E-state index contributed by atoms with van der Waals surface area (Å²) in [5, 5.41) is 22.5. The zero-order chi connectivity index (χ0) is 19.8. The maximum Gasteiger partial charge on any atom is 0.307 e. The smallest absolute Gasteiger partial charge is 0.307 e. The molecular weight excluding hydrogens is 360 g/mol. The Morgan fingerprint density at radius 3 is 2.52 bits per heavy atom. The lowest BCUT2D eigenvalue weighted by atomic mass is 9.72. The van der Waals surface area contributed by atoms with Crippen LogP contribution in [0.15, 0.2) is 12.2 Å². The zero-order valence-electron chi connectivity index (χ0n) is 16.0. The average Bonchev–Trinajstić information content (AvgIpc) is 2.96. The van der Waals surface area contributed by atoms with Gasteiger partial charge in [0.15, 0.2) is 0 Å². The number of fused-ring (bicyclic) bond motifs is 1. The van der Waals surface area contributed by atoms with E-state index in [1.165, 1.54) is 16.2 Å². The second kappa shape index (κ2) is 7.47. The molecule has 3 rings (SSSR count). The van der Waals surface area contributed by atoms with Gasteiger partial charge in [0.05, 0.1) is 17.4 Å². The molecule has 144 valence electrons. The molecule has 0 unspecified atom stereocenters. The van der Waals surface area contributed by atoms with Crippen LogP contribution in [0.5, 0.6) is 0 Å². The van der Waals surface area contributed by atoms with Crippen molar-refractivity contribution in [2.45, 2.75) is 52.9 Å². The van der Waals surface area contributed by atoms with E-state index in [1.807, 2.05) is 12.2 Å². The minimum Gasteiger partial charge on any atom is -0.481 e. The number of anilines is 1. The third-order valence-electron chi connectivity index (χ3n) is 5.92. The van der Waals surface area contributed by atoms with Gasteiger partial charge in [-0.15, -0.1) is 11.3 Å². The molecule has 0 aliphatic heterocycles. The van der Waals surface area contributed by atoms with Crippen LogP contribution in [0.25, 0.3) is 0 Å². The largest absolute Gasteiger partial charge is 0.481 e. The Balaban J connectivity index is 1.83. The van der Waals surface area contributed by atoms with Gasteiger partial charge in [0, 0.05) is 4.88 Å². The molecule has 1 amide bonds. The quantitative estimate of drug-likeness (QED) is 0.755. The molecule has 0 saturated carbocycles. The van der Waals surface area contributed by atoms with E-state index in [1.54, 1.807) is 0 Å². The number of nitrogens with zero attached hydrogens (tertiary/aromatic N) is 1. The van der Waals surface area contributed by atoms with E-state index < -0.39 is 17.8 Å². The Labute approximate surface area is 164 Å². The number of allylic oxidation sites excluding steroid dienone is 2. The van der Waals surface area contributed by atoms with Gasteiger partial charge in [0.1, 0.15) is 11.1 Å². The molecule has 1 aromatic heterocycles. The molecule has 0 saturated heterocycles. The molecule has 0 radical (unpaired) electrons. The highest BCUT2D eigenvalue weighted by molar-refractivity contribution is 7.16. The van der Waals surface area contributed by atoms with E-state index >= 15 is 0 Å². The van der Waals surface area contributed by atoms with Crippen LogP contribution in [0.3, 0.4) is 0 Å². The molecule has 0 fully saturated rings. The van der Waals surface area contributed by atoms with Crippen LogP contribution < -0.4 is 5.32 Å². The average molecular weight is 387 g/mol. The summed E-state index contributed by atoms with van der Waals surface area (Å²) in [5.74, 6) is -1.99. The molecule has 2 N–H and O–H groups in total. The molecule has 5 nitrogen and oxygen atoms in total. The summed E-state index contributed by atoms with van der Waals surface area (Å²) in [4.78, 5) is 25.4. The molecule has 2 aliphatic carbocycles. The lowest BCUT2D eigenvalue weighted by molar-refractivity contribution is -0.146. The van der Waals surface area contributed by atoms with Crippen molar-refractivity contribution in [1.29, 1.82) is 5.26 Å². The van der Waals surface area contributed by atoms with Gasteiger partial charge in [-0.2, -0.15) is 5.26 Å². The zero-order valence-corrected chi connectivity index (χ0v) is 16.9. The second-order valence-electron chi connectivity index (χ2n) is 8.61. The van der Waals surface area contributed by atoms with E-state index in [0.29, 0.717) is 29.3 Å². The summed E-state index contributed by atoms with van der Waals surface area (Å²) >= 11 is 1.49. The number of aliphatic carboxylic acids is 1. The summed E-state index contributed by atoms with van der Waals surface area (Å²) < 4.78 is 0. The number of rotatable bonds is 3. The highest BCUT2D eigenvalue weighted by atomic mass is 32.1. The first kappa shape index (κ1) is 19.6. The number of amides is 1. The lowest BCUT2D eigenvalue weighted by Gasteiger charge is -2.33. The van der Waals surface area contributed by atoms with Crippen LogP contribution in [0.2, 0.25) is 0 Å². The maximum atomic E-state index is 12.8. The van der Waals surface area contributed by atoms with Gasteiger partial charge < -0.3 is 10.4 Å². The van der Waals surface area contributed by atoms with E-state index in [4.69, 9.17) is 0 Å². The molecule has 0 bridgehead atoms. The van der Waals surface area contributed by atoms with E-state index in [9.17, 15) is 20.0 Å². The van der Waals surface area contributed by atoms with E-state index in [0.717, 1.165) is 24.8 Å². The Kier molecular flexibility index (Phi) is 5.43. The number of nitriles is 1. The van der Waals surface area contributed by atoms with E-state index in [-0.39, 0.29) is 11.3 Å². The lowest BCUT2D eigenvalue weighted by Crippen LogP contribution is -2.34. The highest BCUT2D eigenvalue weighted by Crippen LogP contribution is 2.44. The first-order chi connectivity index (χ1) is 12.7. The summed E-state index contributed by atoms with van der Waals surface area (Å²) in [6.07, 6.45) is 7.30. The number of thiophene rings is 1. The van der Waals surface area contributed by atoms with E-state index in [2.05, 4.69) is 32.2 Å². The van der Waals surface area contributed by atoms with Gasteiger partial charge in [0.25, 0.3) is 0 Å². The Morgan fingerprint density at radius 1 is 1.26 bits per heavy atom. The number of carbonyl (C=O) groups excluding carboxylic acids is 1.